The van der Waals surface area contributed by atoms with E-state index in [0.717, 1.165) is 29.0 Å². The highest BCUT2D eigenvalue weighted by Gasteiger charge is 2.11. The molecule has 18 heavy (non-hydrogen) atoms. The van der Waals surface area contributed by atoms with Gasteiger partial charge in [-0.2, -0.15) is 0 Å². The average Bonchev–Trinajstić information content (AvgIpc) is 2.77. The largest absolute Gasteiger partial charge is 0.324 e. The van der Waals surface area contributed by atoms with E-state index in [1.54, 1.807) is 12.4 Å². The molecule has 0 fully saturated rings. The molecule has 0 aliphatic carbocycles. The summed E-state index contributed by atoms with van der Waals surface area (Å²) in [7, 11) is 0. The number of fused-ring (bicyclic) bond motifs is 1. The molecule has 0 aliphatic rings. The number of benzene rings is 1. The van der Waals surface area contributed by atoms with Crippen LogP contribution in [-0.4, -0.2) is 19.5 Å². The number of halogens is 1. The molecule has 0 unspecified atom stereocenters. The molecule has 0 N–H and O–H groups in total. The van der Waals surface area contributed by atoms with Crippen LogP contribution in [-0.2, 0) is 6.54 Å². The van der Waals surface area contributed by atoms with Gasteiger partial charge in [0.25, 0.3) is 0 Å². The third kappa shape index (κ3) is 1.75. The average molecular weight is 259 g/mol. The molecule has 0 aliphatic heterocycles. The molecule has 5 heteroatoms. The van der Waals surface area contributed by atoms with Crippen molar-refractivity contribution in [2.24, 2.45) is 0 Å². The van der Waals surface area contributed by atoms with Gasteiger partial charge in [0.1, 0.15) is 12.2 Å². The molecule has 3 rings (SSSR count). The van der Waals surface area contributed by atoms with E-state index in [9.17, 15) is 0 Å². The molecule has 3 aromatic rings. The van der Waals surface area contributed by atoms with E-state index >= 15 is 0 Å². The Morgan fingerprint density at radius 1 is 1.22 bits per heavy atom. The molecule has 1 aromatic carbocycles. The van der Waals surface area contributed by atoms with Crippen molar-refractivity contribution in [3.63, 3.8) is 0 Å². The van der Waals surface area contributed by atoms with Gasteiger partial charge in [-0.1, -0.05) is 11.6 Å². The Hall–Kier alpha value is -1.94. The van der Waals surface area contributed by atoms with Crippen molar-refractivity contribution < 1.29 is 0 Å². The molecule has 0 saturated carbocycles. The molecule has 0 spiro atoms. The number of hydrogen-bond acceptors (Lipinski definition) is 3. The zero-order valence-corrected chi connectivity index (χ0v) is 10.6. The third-order valence-corrected chi connectivity index (χ3v) is 3.08. The maximum atomic E-state index is 6.04. The summed E-state index contributed by atoms with van der Waals surface area (Å²) in [5, 5.41) is 0.716. The van der Waals surface area contributed by atoms with Crippen molar-refractivity contribution in [1.82, 2.24) is 19.5 Å². The molecule has 2 aromatic heterocycles. The van der Waals surface area contributed by atoms with Gasteiger partial charge in [0.05, 0.1) is 16.6 Å². The Morgan fingerprint density at radius 3 is 2.72 bits per heavy atom. The van der Waals surface area contributed by atoms with Gasteiger partial charge in [-0.15, -0.1) is 0 Å². The molecular weight excluding hydrogens is 248 g/mol. The summed E-state index contributed by atoms with van der Waals surface area (Å²) in [6, 6.07) is 5.71. The number of aryl methyl sites for hydroxylation is 1. The van der Waals surface area contributed by atoms with E-state index in [0.29, 0.717) is 5.02 Å². The normalized spacial score (nSPS) is 11.0. The standard InChI is InChI=1S/C13H11ClN4/c1-2-18-12-5-10(14)3-4-11(12)17-13(18)9-6-15-8-16-7-9/h3-8H,2H2,1H3. The lowest BCUT2D eigenvalue weighted by atomic mass is 10.3. The van der Waals surface area contributed by atoms with Crippen LogP contribution in [0.25, 0.3) is 22.4 Å². The van der Waals surface area contributed by atoms with Gasteiger partial charge in [0, 0.05) is 24.0 Å². The lowest BCUT2D eigenvalue weighted by Crippen LogP contribution is -1.98. The highest BCUT2D eigenvalue weighted by Crippen LogP contribution is 2.25. The second-order valence-electron chi connectivity index (χ2n) is 3.94. The van der Waals surface area contributed by atoms with Crippen LogP contribution in [0, 0.1) is 0 Å². The van der Waals surface area contributed by atoms with Gasteiger partial charge in [0.15, 0.2) is 0 Å². The van der Waals surface area contributed by atoms with Gasteiger partial charge < -0.3 is 4.57 Å². The second-order valence-corrected chi connectivity index (χ2v) is 4.38. The van der Waals surface area contributed by atoms with E-state index < -0.39 is 0 Å². The van der Waals surface area contributed by atoms with Crippen molar-refractivity contribution in [3.05, 3.63) is 41.9 Å². The first-order valence-electron chi connectivity index (χ1n) is 5.70. The second kappa shape index (κ2) is 4.38. The minimum Gasteiger partial charge on any atom is -0.324 e. The molecule has 4 nitrogen and oxygen atoms in total. The molecule has 0 amide bonds. The van der Waals surface area contributed by atoms with Gasteiger partial charge in [-0.25, -0.2) is 15.0 Å². The SMILES string of the molecule is CCn1c(-c2cncnc2)nc2ccc(Cl)cc21. The first kappa shape index (κ1) is 11.2. The van der Waals surface area contributed by atoms with Crippen LogP contribution >= 0.6 is 11.6 Å². The van der Waals surface area contributed by atoms with Crippen molar-refractivity contribution in [2.45, 2.75) is 13.5 Å². The third-order valence-electron chi connectivity index (χ3n) is 2.85. The summed E-state index contributed by atoms with van der Waals surface area (Å²) >= 11 is 6.04. The van der Waals surface area contributed by atoms with E-state index in [2.05, 4.69) is 26.4 Å². The smallest absolute Gasteiger partial charge is 0.144 e. The van der Waals surface area contributed by atoms with E-state index in [1.807, 2.05) is 18.2 Å². The Kier molecular flexibility index (Phi) is 2.72. The zero-order chi connectivity index (χ0) is 12.5. The fraction of sp³-hybridized carbons (Fsp3) is 0.154. The van der Waals surface area contributed by atoms with Crippen molar-refractivity contribution in [3.8, 4) is 11.4 Å². The Morgan fingerprint density at radius 2 is 2.00 bits per heavy atom. The van der Waals surface area contributed by atoms with Crippen LogP contribution in [0.4, 0.5) is 0 Å². The number of aromatic nitrogens is 4. The van der Waals surface area contributed by atoms with Gasteiger partial charge in [0.2, 0.25) is 0 Å². The summed E-state index contributed by atoms with van der Waals surface area (Å²) < 4.78 is 2.11. The molecule has 90 valence electrons. The van der Waals surface area contributed by atoms with Crippen molar-refractivity contribution in [1.29, 1.82) is 0 Å². The van der Waals surface area contributed by atoms with Crippen LogP contribution in [0.1, 0.15) is 6.92 Å². The van der Waals surface area contributed by atoms with E-state index in [4.69, 9.17) is 11.6 Å². The maximum Gasteiger partial charge on any atom is 0.144 e. The monoisotopic (exact) mass is 258 g/mol. The van der Waals surface area contributed by atoms with Crippen molar-refractivity contribution >= 4 is 22.6 Å². The number of hydrogen-bond donors (Lipinski definition) is 0. The number of imidazole rings is 1. The number of nitrogens with zero attached hydrogens (tertiary/aromatic N) is 4. The van der Waals surface area contributed by atoms with E-state index in [1.165, 1.54) is 6.33 Å². The van der Waals surface area contributed by atoms with Crippen LogP contribution in [0.3, 0.4) is 0 Å². The lowest BCUT2D eigenvalue weighted by Gasteiger charge is -2.05. The topological polar surface area (TPSA) is 43.6 Å². The molecule has 2 heterocycles. The van der Waals surface area contributed by atoms with E-state index in [-0.39, 0.29) is 0 Å². The molecule has 0 radical (unpaired) electrons. The summed E-state index contributed by atoms with van der Waals surface area (Å²) in [5.41, 5.74) is 2.87. The minimum atomic E-state index is 0.716. The van der Waals surface area contributed by atoms with Gasteiger partial charge in [-0.3, -0.25) is 0 Å². The first-order valence-corrected chi connectivity index (χ1v) is 6.08. The summed E-state index contributed by atoms with van der Waals surface area (Å²) in [6.07, 6.45) is 5.04. The van der Waals surface area contributed by atoms with Crippen LogP contribution in [0.15, 0.2) is 36.9 Å². The molecule has 0 saturated heterocycles. The highest BCUT2D eigenvalue weighted by atomic mass is 35.5. The quantitative estimate of drug-likeness (QED) is 0.709. The molecular formula is C13H11ClN4. The Balaban J connectivity index is 2.30. The fourth-order valence-corrected chi connectivity index (χ4v) is 2.22. The first-order chi connectivity index (χ1) is 8.79. The predicted molar refractivity (Wildman–Crippen MR) is 71.4 cm³/mol. The van der Waals surface area contributed by atoms with Gasteiger partial charge >= 0.3 is 0 Å². The lowest BCUT2D eigenvalue weighted by molar-refractivity contribution is 0.795. The maximum absolute atomic E-state index is 6.04. The Bertz CT molecular complexity index is 691. The van der Waals surface area contributed by atoms with Gasteiger partial charge in [-0.05, 0) is 25.1 Å². The molecule has 0 bridgehead atoms. The Labute approximate surface area is 109 Å². The number of rotatable bonds is 2. The van der Waals surface area contributed by atoms with Crippen molar-refractivity contribution in [2.75, 3.05) is 0 Å². The minimum absolute atomic E-state index is 0.716. The molecule has 0 atom stereocenters. The van der Waals surface area contributed by atoms with Crippen LogP contribution in [0.5, 0.6) is 0 Å². The fourth-order valence-electron chi connectivity index (χ4n) is 2.05. The van der Waals surface area contributed by atoms with Crippen LogP contribution in [0.2, 0.25) is 5.02 Å². The zero-order valence-electron chi connectivity index (χ0n) is 9.84. The van der Waals surface area contributed by atoms with Crippen LogP contribution < -0.4 is 0 Å². The summed E-state index contributed by atoms with van der Waals surface area (Å²) in [6.45, 7) is 2.90. The summed E-state index contributed by atoms with van der Waals surface area (Å²) in [4.78, 5) is 12.7. The highest BCUT2D eigenvalue weighted by molar-refractivity contribution is 6.31. The predicted octanol–water partition coefficient (Wildman–Crippen LogP) is 3.17. The summed E-state index contributed by atoms with van der Waals surface area (Å²) in [5.74, 6) is 0.871.